The number of hydrogen-bond acceptors (Lipinski definition) is 3. The summed E-state index contributed by atoms with van der Waals surface area (Å²) < 4.78 is 0. The summed E-state index contributed by atoms with van der Waals surface area (Å²) in [5.41, 5.74) is 0.822. The van der Waals surface area contributed by atoms with Crippen LogP contribution in [0.1, 0.15) is 33.1 Å². The summed E-state index contributed by atoms with van der Waals surface area (Å²) in [4.78, 5) is 4.42. The molecular weight excluding hydrogens is 272 g/mol. The zero-order chi connectivity index (χ0) is 16.6. The van der Waals surface area contributed by atoms with Gasteiger partial charge in [0.1, 0.15) is 0 Å². The zero-order valence-electron chi connectivity index (χ0n) is 14.2. The molecule has 22 heavy (non-hydrogen) atoms. The normalized spacial score (nSPS) is 15.3. The second-order valence-corrected chi connectivity index (χ2v) is 5.31. The smallest absolute Gasteiger partial charge is 0.0842 e. The van der Waals surface area contributed by atoms with Gasteiger partial charge in [0.05, 0.1) is 6.10 Å². The van der Waals surface area contributed by atoms with Crippen molar-refractivity contribution in [3.05, 3.63) is 49.1 Å². The summed E-state index contributed by atoms with van der Waals surface area (Å²) in [6, 6.07) is 0. The molecule has 0 aromatic heterocycles. The van der Waals surface area contributed by atoms with Crippen molar-refractivity contribution in [1.82, 2.24) is 5.32 Å². The molecule has 0 spiro atoms. The summed E-state index contributed by atoms with van der Waals surface area (Å²) in [7, 11) is 0. The quantitative estimate of drug-likeness (QED) is 0.236. The van der Waals surface area contributed by atoms with Gasteiger partial charge < -0.3 is 10.4 Å². The molecule has 0 radical (unpaired) electrons. The molecule has 0 saturated heterocycles. The third kappa shape index (κ3) is 10.3. The van der Waals surface area contributed by atoms with Crippen LogP contribution in [0.15, 0.2) is 54.1 Å². The molecule has 0 aromatic rings. The van der Waals surface area contributed by atoms with Gasteiger partial charge >= 0.3 is 0 Å². The van der Waals surface area contributed by atoms with Gasteiger partial charge in [0.15, 0.2) is 0 Å². The van der Waals surface area contributed by atoms with Crippen molar-refractivity contribution in [1.29, 1.82) is 0 Å². The molecule has 0 aliphatic rings. The number of aliphatic hydroxyl groups excluding tert-OH is 1. The maximum atomic E-state index is 10.4. The lowest BCUT2D eigenvalue weighted by Gasteiger charge is -2.19. The van der Waals surface area contributed by atoms with Crippen LogP contribution in [0.2, 0.25) is 0 Å². The highest BCUT2D eigenvalue weighted by Crippen LogP contribution is 2.11. The largest absolute Gasteiger partial charge is 0.388 e. The molecule has 1 unspecified atom stereocenters. The Morgan fingerprint density at radius 2 is 2.09 bits per heavy atom. The zero-order valence-corrected chi connectivity index (χ0v) is 14.2. The third-order valence-corrected chi connectivity index (χ3v) is 3.27. The average Bonchev–Trinajstić information content (AvgIpc) is 2.53. The van der Waals surface area contributed by atoms with Crippen LogP contribution in [0.4, 0.5) is 0 Å². The van der Waals surface area contributed by atoms with Crippen molar-refractivity contribution in [2.24, 2.45) is 10.9 Å². The molecule has 0 bridgehead atoms. The number of allylic oxidation sites excluding steroid dienone is 5. The van der Waals surface area contributed by atoms with Gasteiger partial charge in [-0.2, -0.15) is 0 Å². The number of aliphatic imine (C=N–C) groups is 1. The SMILES string of the molecule is C=C/C=C(/C=N/CCC/C=C/CC=C)C(O)[C@H](C)CNCC. The van der Waals surface area contributed by atoms with Crippen molar-refractivity contribution in [2.45, 2.75) is 39.2 Å². The lowest BCUT2D eigenvalue weighted by Crippen LogP contribution is -2.31. The van der Waals surface area contributed by atoms with Gasteiger partial charge in [-0.25, -0.2) is 0 Å². The summed E-state index contributed by atoms with van der Waals surface area (Å²) in [5, 5.41) is 13.6. The monoisotopic (exact) mass is 304 g/mol. The van der Waals surface area contributed by atoms with Crippen molar-refractivity contribution < 1.29 is 5.11 Å². The van der Waals surface area contributed by atoms with E-state index in [2.05, 4.69) is 42.5 Å². The topological polar surface area (TPSA) is 44.6 Å². The molecule has 0 rings (SSSR count). The van der Waals surface area contributed by atoms with E-state index in [9.17, 15) is 5.11 Å². The first-order valence-corrected chi connectivity index (χ1v) is 8.14. The van der Waals surface area contributed by atoms with E-state index in [1.54, 1.807) is 12.3 Å². The van der Waals surface area contributed by atoms with E-state index >= 15 is 0 Å². The Kier molecular flexibility index (Phi) is 13.5. The Balaban J connectivity index is 4.28. The molecule has 0 aliphatic carbocycles. The molecule has 0 saturated carbocycles. The molecule has 2 atom stereocenters. The Bertz CT molecular complexity index is 383. The van der Waals surface area contributed by atoms with E-state index < -0.39 is 6.10 Å². The van der Waals surface area contributed by atoms with Crippen molar-refractivity contribution >= 4 is 6.21 Å². The molecule has 3 nitrogen and oxygen atoms in total. The highest BCUT2D eigenvalue weighted by molar-refractivity contribution is 5.80. The fourth-order valence-corrected chi connectivity index (χ4v) is 1.95. The Labute approximate surface area is 136 Å². The number of rotatable bonds is 13. The highest BCUT2D eigenvalue weighted by Gasteiger charge is 2.16. The van der Waals surface area contributed by atoms with Crippen LogP contribution in [-0.2, 0) is 0 Å². The van der Waals surface area contributed by atoms with Crippen LogP contribution in [0.5, 0.6) is 0 Å². The molecular formula is C19H32N2O. The number of hydrogen-bond donors (Lipinski definition) is 2. The van der Waals surface area contributed by atoms with Crippen molar-refractivity contribution in [3.8, 4) is 0 Å². The Morgan fingerprint density at radius 1 is 1.32 bits per heavy atom. The van der Waals surface area contributed by atoms with Gasteiger partial charge in [0, 0.05) is 19.3 Å². The minimum absolute atomic E-state index is 0.138. The molecule has 0 amide bonds. The highest BCUT2D eigenvalue weighted by atomic mass is 16.3. The molecule has 0 heterocycles. The third-order valence-electron chi connectivity index (χ3n) is 3.27. The maximum Gasteiger partial charge on any atom is 0.0842 e. The number of nitrogens with one attached hydrogen (secondary N) is 1. The van der Waals surface area contributed by atoms with Gasteiger partial charge in [-0.15, -0.1) is 6.58 Å². The number of nitrogens with zero attached hydrogens (tertiary/aromatic N) is 1. The fraction of sp³-hybridized carbons (Fsp3) is 0.526. The molecule has 0 fully saturated rings. The van der Waals surface area contributed by atoms with Crippen LogP contribution in [0.25, 0.3) is 0 Å². The average molecular weight is 304 g/mol. The van der Waals surface area contributed by atoms with Gasteiger partial charge in [-0.05, 0) is 37.3 Å². The first kappa shape index (κ1) is 20.6. The number of unbranched alkanes of at least 4 members (excludes halogenated alkanes) is 1. The van der Waals surface area contributed by atoms with E-state index in [-0.39, 0.29) is 5.92 Å². The molecule has 124 valence electrons. The standard InChI is InChI=1S/C19H32N2O/c1-5-8-9-10-11-12-14-21-16-18(13-6-2)19(22)17(4)15-20-7-3/h5-6,9-10,13,16-17,19-20,22H,1-2,7-8,11-12,14-15H2,3-4H3/b10-9+,18-13-,21-16+/t17-,19?/m1/s1. The summed E-state index contributed by atoms with van der Waals surface area (Å²) in [5.74, 6) is 0.138. The predicted molar refractivity (Wildman–Crippen MR) is 98.5 cm³/mol. The molecule has 0 aliphatic heterocycles. The van der Waals surface area contributed by atoms with E-state index in [0.29, 0.717) is 0 Å². The minimum atomic E-state index is -0.520. The summed E-state index contributed by atoms with van der Waals surface area (Å²) >= 11 is 0. The first-order valence-electron chi connectivity index (χ1n) is 8.14. The van der Waals surface area contributed by atoms with E-state index in [1.165, 1.54) is 0 Å². The summed E-state index contributed by atoms with van der Waals surface area (Å²) in [6.07, 6.45) is 13.9. The molecule has 3 heteroatoms. The van der Waals surface area contributed by atoms with Gasteiger partial charge in [0.2, 0.25) is 0 Å². The lowest BCUT2D eigenvalue weighted by atomic mass is 9.97. The van der Waals surface area contributed by atoms with Crippen molar-refractivity contribution in [3.63, 3.8) is 0 Å². The Morgan fingerprint density at radius 3 is 2.73 bits per heavy atom. The number of aliphatic hydroxyl groups is 1. The van der Waals surface area contributed by atoms with E-state index in [1.807, 2.05) is 19.1 Å². The van der Waals surface area contributed by atoms with Crippen LogP contribution < -0.4 is 5.32 Å². The minimum Gasteiger partial charge on any atom is -0.388 e. The van der Waals surface area contributed by atoms with Crippen LogP contribution in [0, 0.1) is 5.92 Å². The fourth-order valence-electron chi connectivity index (χ4n) is 1.95. The van der Waals surface area contributed by atoms with Gasteiger partial charge in [-0.1, -0.05) is 50.8 Å². The van der Waals surface area contributed by atoms with Crippen LogP contribution >= 0.6 is 0 Å². The second-order valence-electron chi connectivity index (χ2n) is 5.31. The van der Waals surface area contributed by atoms with Gasteiger partial charge in [0.25, 0.3) is 0 Å². The summed E-state index contributed by atoms with van der Waals surface area (Å²) in [6.45, 7) is 13.9. The van der Waals surface area contributed by atoms with E-state index in [0.717, 1.165) is 44.5 Å². The van der Waals surface area contributed by atoms with Crippen LogP contribution in [-0.4, -0.2) is 37.1 Å². The van der Waals surface area contributed by atoms with Crippen molar-refractivity contribution in [2.75, 3.05) is 19.6 Å². The lowest BCUT2D eigenvalue weighted by molar-refractivity contribution is 0.155. The molecule has 2 N–H and O–H groups in total. The van der Waals surface area contributed by atoms with Gasteiger partial charge in [-0.3, -0.25) is 4.99 Å². The van der Waals surface area contributed by atoms with Crippen LogP contribution in [0.3, 0.4) is 0 Å². The molecule has 0 aromatic carbocycles. The maximum absolute atomic E-state index is 10.4. The second kappa shape index (κ2) is 14.5. The Hall–Kier alpha value is -1.45. The van der Waals surface area contributed by atoms with E-state index in [4.69, 9.17) is 0 Å². The first-order chi connectivity index (χ1) is 10.7. The predicted octanol–water partition coefficient (Wildman–Crippen LogP) is 3.69.